The van der Waals surface area contributed by atoms with E-state index in [0.717, 1.165) is 0 Å². The molecule has 0 atom stereocenters. The van der Waals surface area contributed by atoms with Gasteiger partial charge in [-0.1, -0.05) is 23.2 Å². The van der Waals surface area contributed by atoms with Crippen molar-refractivity contribution in [3.8, 4) is 17.0 Å². The van der Waals surface area contributed by atoms with Gasteiger partial charge in [0.2, 0.25) is 0 Å². The average molecular weight is 390 g/mol. The van der Waals surface area contributed by atoms with Crippen molar-refractivity contribution in [2.45, 2.75) is 6.54 Å². The molecule has 0 aliphatic rings. The number of hydrogen-bond acceptors (Lipinski definition) is 4. The van der Waals surface area contributed by atoms with E-state index in [2.05, 4.69) is 15.5 Å². The van der Waals surface area contributed by atoms with E-state index in [0.29, 0.717) is 26.9 Å². The van der Waals surface area contributed by atoms with Crippen LogP contribution in [0.3, 0.4) is 0 Å². The minimum atomic E-state index is -0.603. The number of H-pyrrole nitrogens is 1. The molecule has 0 unspecified atom stereocenters. The van der Waals surface area contributed by atoms with Gasteiger partial charge in [-0.15, -0.1) is 0 Å². The zero-order chi connectivity index (χ0) is 18.7. The molecule has 1 aromatic heterocycles. The summed E-state index contributed by atoms with van der Waals surface area (Å²) in [6, 6.07) is 12.6. The summed E-state index contributed by atoms with van der Waals surface area (Å²) in [5, 5.41) is 19.2. The van der Waals surface area contributed by atoms with E-state index in [1.54, 1.807) is 30.3 Å². The Labute approximate surface area is 158 Å². The van der Waals surface area contributed by atoms with E-state index in [1.165, 1.54) is 18.2 Å². The molecule has 0 spiro atoms. The molecule has 2 aromatic carbocycles. The summed E-state index contributed by atoms with van der Waals surface area (Å²) in [4.78, 5) is 24.3. The molecule has 132 valence electrons. The second kappa shape index (κ2) is 7.59. The van der Waals surface area contributed by atoms with Crippen LogP contribution in [0.4, 0.5) is 0 Å². The highest BCUT2D eigenvalue weighted by Gasteiger charge is 2.13. The third-order valence-corrected chi connectivity index (χ3v) is 4.02. The quantitative estimate of drug-likeness (QED) is 0.637. The number of halogens is 2. The monoisotopic (exact) mass is 389 g/mol. The number of nitrogens with zero attached hydrogens (tertiary/aromatic N) is 1. The third kappa shape index (κ3) is 4.22. The predicted molar refractivity (Wildman–Crippen MR) is 99.6 cm³/mol. The molecule has 3 N–H and O–H groups in total. The molecule has 8 heteroatoms. The summed E-state index contributed by atoms with van der Waals surface area (Å²) >= 11 is 11.9. The molecule has 0 fully saturated rings. The average Bonchev–Trinajstić information content (AvgIpc) is 2.60. The van der Waals surface area contributed by atoms with Crippen molar-refractivity contribution in [1.29, 1.82) is 0 Å². The molecule has 0 aliphatic carbocycles. The fraction of sp³-hybridized carbons (Fsp3) is 0.0556. The van der Waals surface area contributed by atoms with Gasteiger partial charge in [0.15, 0.2) is 0 Å². The molecule has 0 bridgehead atoms. The van der Waals surface area contributed by atoms with Gasteiger partial charge in [0.05, 0.1) is 5.69 Å². The van der Waals surface area contributed by atoms with Crippen LogP contribution in [0, 0.1) is 0 Å². The standard InChI is InChI=1S/C18H13Cl2N3O3/c19-12-5-10(6-13(20)7-12)9-21-17(25)15-8-16(22-23-18(15)26)11-1-3-14(24)4-2-11/h1-8,24H,9H2,(H,21,25)(H,23,26). The molecule has 26 heavy (non-hydrogen) atoms. The summed E-state index contributed by atoms with van der Waals surface area (Å²) in [5.41, 5.74) is 1.08. The van der Waals surface area contributed by atoms with E-state index in [1.807, 2.05) is 0 Å². The first-order valence-electron chi connectivity index (χ1n) is 7.54. The third-order valence-electron chi connectivity index (χ3n) is 3.59. The Morgan fingerprint density at radius 1 is 1.08 bits per heavy atom. The number of phenolic OH excluding ortho intramolecular Hbond substituents is 1. The fourth-order valence-corrected chi connectivity index (χ4v) is 2.92. The van der Waals surface area contributed by atoms with Crippen LogP contribution in [-0.4, -0.2) is 21.2 Å². The number of hydrogen-bond donors (Lipinski definition) is 3. The van der Waals surface area contributed by atoms with Crippen LogP contribution in [0.5, 0.6) is 5.75 Å². The van der Waals surface area contributed by atoms with Crippen LogP contribution in [0.1, 0.15) is 15.9 Å². The number of nitrogens with one attached hydrogen (secondary N) is 2. The maximum Gasteiger partial charge on any atom is 0.277 e. The zero-order valence-electron chi connectivity index (χ0n) is 13.3. The Morgan fingerprint density at radius 2 is 1.73 bits per heavy atom. The molecule has 6 nitrogen and oxygen atoms in total. The van der Waals surface area contributed by atoms with Crippen LogP contribution in [0.2, 0.25) is 10.0 Å². The van der Waals surface area contributed by atoms with Crippen LogP contribution in [0.15, 0.2) is 53.3 Å². The summed E-state index contributed by atoms with van der Waals surface area (Å²) < 4.78 is 0. The highest BCUT2D eigenvalue weighted by molar-refractivity contribution is 6.34. The number of phenols is 1. The number of aromatic nitrogens is 2. The van der Waals surface area contributed by atoms with E-state index in [-0.39, 0.29) is 17.9 Å². The molecule has 0 radical (unpaired) electrons. The summed E-state index contributed by atoms with van der Waals surface area (Å²) in [5.74, 6) is -0.443. The van der Waals surface area contributed by atoms with Gasteiger partial charge in [-0.3, -0.25) is 9.59 Å². The molecule has 0 saturated carbocycles. The number of aromatic hydroxyl groups is 1. The van der Waals surface area contributed by atoms with Crippen molar-refractivity contribution >= 4 is 29.1 Å². The maximum atomic E-state index is 12.4. The molecule has 0 aliphatic heterocycles. The van der Waals surface area contributed by atoms with Gasteiger partial charge in [-0.2, -0.15) is 5.10 Å². The minimum absolute atomic E-state index is 0.0730. The van der Waals surface area contributed by atoms with Gasteiger partial charge in [0.1, 0.15) is 11.3 Å². The van der Waals surface area contributed by atoms with Crippen LogP contribution < -0.4 is 10.9 Å². The molecule has 1 heterocycles. The van der Waals surface area contributed by atoms with Gasteiger partial charge >= 0.3 is 0 Å². The van der Waals surface area contributed by atoms with Gasteiger partial charge in [-0.05, 0) is 54.1 Å². The largest absolute Gasteiger partial charge is 0.508 e. The first-order chi connectivity index (χ1) is 12.4. The van der Waals surface area contributed by atoms with Crippen molar-refractivity contribution in [1.82, 2.24) is 15.5 Å². The lowest BCUT2D eigenvalue weighted by atomic mass is 10.1. The van der Waals surface area contributed by atoms with Gasteiger partial charge < -0.3 is 10.4 Å². The number of carbonyl (C=O) groups is 1. The smallest absolute Gasteiger partial charge is 0.277 e. The van der Waals surface area contributed by atoms with Gasteiger partial charge in [0.25, 0.3) is 11.5 Å². The van der Waals surface area contributed by atoms with Gasteiger partial charge in [0, 0.05) is 22.2 Å². The second-order valence-electron chi connectivity index (χ2n) is 5.50. The zero-order valence-corrected chi connectivity index (χ0v) is 14.8. The van der Waals surface area contributed by atoms with Crippen LogP contribution in [-0.2, 0) is 6.54 Å². The molecular formula is C18H13Cl2N3O3. The first-order valence-corrected chi connectivity index (χ1v) is 8.30. The number of aromatic amines is 1. The molecule has 1 amide bonds. The number of benzene rings is 2. The predicted octanol–water partition coefficient (Wildman–Crippen LogP) is 3.38. The molecule has 3 aromatic rings. The first kappa shape index (κ1) is 18.0. The van der Waals surface area contributed by atoms with Crippen LogP contribution >= 0.6 is 23.2 Å². The number of amides is 1. The lowest BCUT2D eigenvalue weighted by Crippen LogP contribution is -2.29. The van der Waals surface area contributed by atoms with Gasteiger partial charge in [-0.25, -0.2) is 5.10 Å². The SMILES string of the molecule is O=C(NCc1cc(Cl)cc(Cl)c1)c1cc(-c2ccc(O)cc2)n[nH]c1=O. The fourth-order valence-electron chi connectivity index (χ4n) is 2.35. The topological polar surface area (TPSA) is 95.1 Å². The molecule has 0 saturated heterocycles. The Morgan fingerprint density at radius 3 is 2.38 bits per heavy atom. The normalized spacial score (nSPS) is 10.5. The van der Waals surface area contributed by atoms with E-state index in [9.17, 15) is 14.7 Å². The highest BCUT2D eigenvalue weighted by Crippen LogP contribution is 2.20. The van der Waals surface area contributed by atoms with E-state index in [4.69, 9.17) is 23.2 Å². The lowest BCUT2D eigenvalue weighted by Gasteiger charge is -2.07. The number of carbonyl (C=O) groups excluding carboxylic acids is 1. The second-order valence-corrected chi connectivity index (χ2v) is 6.38. The highest BCUT2D eigenvalue weighted by atomic mass is 35.5. The number of rotatable bonds is 4. The Kier molecular flexibility index (Phi) is 5.25. The van der Waals surface area contributed by atoms with Crippen molar-refractivity contribution < 1.29 is 9.90 Å². The molecule has 3 rings (SSSR count). The Bertz CT molecular complexity index is 997. The molecular weight excluding hydrogens is 377 g/mol. The summed E-state index contributed by atoms with van der Waals surface area (Å²) in [6.45, 7) is 0.162. The minimum Gasteiger partial charge on any atom is -0.508 e. The van der Waals surface area contributed by atoms with Crippen molar-refractivity contribution in [3.63, 3.8) is 0 Å². The Hall–Kier alpha value is -2.83. The maximum absolute atomic E-state index is 12.4. The van der Waals surface area contributed by atoms with Crippen molar-refractivity contribution in [2.75, 3.05) is 0 Å². The van der Waals surface area contributed by atoms with E-state index >= 15 is 0 Å². The Balaban J connectivity index is 1.81. The summed E-state index contributed by atoms with van der Waals surface area (Å²) in [6.07, 6.45) is 0. The van der Waals surface area contributed by atoms with Crippen molar-refractivity contribution in [2.24, 2.45) is 0 Å². The lowest BCUT2D eigenvalue weighted by molar-refractivity contribution is 0.0949. The van der Waals surface area contributed by atoms with Crippen molar-refractivity contribution in [3.05, 3.63) is 80.1 Å². The van der Waals surface area contributed by atoms with Crippen LogP contribution in [0.25, 0.3) is 11.3 Å². The summed E-state index contributed by atoms with van der Waals surface area (Å²) in [7, 11) is 0. The van der Waals surface area contributed by atoms with E-state index < -0.39 is 11.5 Å².